The second-order valence-electron chi connectivity index (χ2n) is 5.84. The Labute approximate surface area is 136 Å². The minimum atomic E-state index is -3.44. The molecule has 6 nitrogen and oxygen atoms in total. The Morgan fingerprint density at radius 2 is 1.96 bits per heavy atom. The zero-order chi connectivity index (χ0) is 17.5. The summed E-state index contributed by atoms with van der Waals surface area (Å²) < 4.78 is 18.7. The molecule has 1 aromatic carbocycles. The topological polar surface area (TPSA) is 95.9 Å². The Kier molecular flexibility index (Phi) is 7.01. The second kappa shape index (κ2) is 8.29. The summed E-state index contributed by atoms with van der Waals surface area (Å²) in [7, 11) is -3.44. The number of hydrogen-bond donors (Lipinski definition) is 3. The maximum atomic E-state index is 13.1. The molecule has 0 heterocycles. The number of benzene rings is 1. The van der Waals surface area contributed by atoms with Gasteiger partial charge in [-0.3, -0.25) is 9.36 Å². The zero-order valence-corrected chi connectivity index (χ0v) is 14.5. The molecule has 1 unspecified atom stereocenters. The third-order valence-corrected chi connectivity index (χ3v) is 5.40. The Morgan fingerprint density at radius 1 is 1.35 bits per heavy atom. The summed E-state index contributed by atoms with van der Waals surface area (Å²) >= 11 is 0. The van der Waals surface area contributed by atoms with Crippen molar-refractivity contribution >= 4 is 13.5 Å². The van der Waals surface area contributed by atoms with Crippen molar-refractivity contribution in [1.82, 2.24) is 5.09 Å². The van der Waals surface area contributed by atoms with Gasteiger partial charge in [0.25, 0.3) is 0 Å². The number of allylic oxidation sites excluding steroid dienone is 1. The number of rotatable bonds is 9. The van der Waals surface area contributed by atoms with Gasteiger partial charge in [-0.2, -0.15) is 0 Å². The number of carboxylic acids is 1. The number of carbonyl (C=O) groups is 1. The van der Waals surface area contributed by atoms with Gasteiger partial charge in [0.15, 0.2) is 0 Å². The van der Waals surface area contributed by atoms with Crippen molar-refractivity contribution < 1.29 is 24.1 Å². The van der Waals surface area contributed by atoms with Crippen molar-refractivity contribution in [2.24, 2.45) is 0 Å². The third kappa shape index (κ3) is 6.57. The lowest BCUT2D eigenvalue weighted by Gasteiger charge is -2.28. The first-order chi connectivity index (χ1) is 10.7. The monoisotopic (exact) mass is 341 g/mol. The van der Waals surface area contributed by atoms with E-state index in [4.69, 9.17) is 9.63 Å². The highest BCUT2D eigenvalue weighted by atomic mass is 31.2. The molecule has 0 bridgehead atoms. The molecule has 23 heavy (non-hydrogen) atoms. The molecular weight excluding hydrogens is 317 g/mol. The van der Waals surface area contributed by atoms with Crippen LogP contribution in [0.5, 0.6) is 5.75 Å². The van der Waals surface area contributed by atoms with Gasteiger partial charge in [0.1, 0.15) is 11.3 Å². The highest BCUT2D eigenvalue weighted by Crippen LogP contribution is 2.45. The maximum absolute atomic E-state index is 13.1. The molecule has 1 rings (SSSR count). The predicted molar refractivity (Wildman–Crippen MR) is 89.9 cm³/mol. The van der Waals surface area contributed by atoms with Crippen molar-refractivity contribution in [3.8, 4) is 5.75 Å². The van der Waals surface area contributed by atoms with Gasteiger partial charge in [0.2, 0.25) is 0 Å². The summed E-state index contributed by atoms with van der Waals surface area (Å²) in [4.78, 5) is 11.3. The first-order valence-corrected chi connectivity index (χ1v) is 9.12. The summed E-state index contributed by atoms with van der Waals surface area (Å²) in [5.74, 6) is -0.705. The Bertz CT molecular complexity index is 598. The minimum absolute atomic E-state index is 0.0715. The molecule has 0 fully saturated rings. The summed E-state index contributed by atoms with van der Waals surface area (Å²) in [5, 5.41) is 20.9. The Balaban J connectivity index is 2.95. The molecule has 1 aromatic rings. The van der Waals surface area contributed by atoms with Crippen LogP contribution >= 0.6 is 7.52 Å². The molecule has 0 aliphatic rings. The summed E-state index contributed by atoms with van der Waals surface area (Å²) in [5.41, 5.74) is -0.631. The van der Waals surface area contributed by atoms with E-state index in [1.165, 1.54) is 13.8 Å². The standard InChI is InChI=1S/C16H24NO5P/c1-13(12-18)8-7-11-23(21,17-16(2,3)15(19)20)22-14-9-5-4-6-10-14/h4-6,8-10,18H,7,11-12H2,1-3H3,(H,17,21)(H,19,20)/b13-8+. The highest BCUT2D eigenvalue weighted by Gasteiger charge is 2.37. The number of aliphatic hydroxyl groups is 1. The maximum Gasteiger partial charge on any atom is 0.323 e. The predicted octanol–water partition coefficient (Wildman–Crippen LogP) is 3.04. The van der Waals surface area contributed by atoms with Crippen LogP contribution in [-0.4, -0.2) is 34.5 Å². The molecule has 0 saturated heterocycles. The molecule has 3 N–H and O–H groups in total. The van der Waals surface area contributed by atoms with Crippen LogP contribution in [0, 0.1) is 0 Å². The van der Waals surface area contributed by atoms with E-state index in [-0.39, 0.29) is 12.8 Å². The molecule has 7 heteroatoms. The molecular formula is C16H24NO5P. The fourth-order valence-corrected chi connectivity index (χ4v) is 3.92. The van der Waals surface area contributed by atoms with Crippen molar-refractivity contribution in [2.75, 3.05) is 12.8 Å². The number of carboxylic acid groups (broad SMARTS) is 1. The van der Waals surface area contributed by atoms with Gasteiger partial charge in [0.05, 0.1) is 12.8 Å². The number of para-hydroxylation sites is 1. The lowest BCUT2D eigenvalue weighted by molar-refractivity contribution is -0.142. The minimum Gasteiger partial charge on any atom is -0.480 e. The quantitative estimate of drug-likeness (QED) is 0.472. The molecule has 0 aliphatic carbocycles. The van der Waals surface area contributed by atoms with Gasteiger partial charge in [-0.25, -0.2) is 5.09 Å². The fraction of sp³-hybridized carbons (Fsp3) is 0.438. The first-order valence-electron chi connectivity index (χ1n) is 7.31. The van der Waals surface area contributed by atoms with Crippen LogP contribution in [0.1, 0.15) is 27.2 Å². The van der Waals surface area contributed by atoms with E-state index >= 15 is 0 Å². The first kappa shape index (κ1) is 19.4. The largest absolute Gasteiger partial charge is 0.480 e. The van der Waals surface area contributed by atoms with Crippen LogP contribution in [-0.2, 0) is 9.36 Å². The van der Waals surface area contributed by atoms with Crippen molar-refractivity contribution in [3.63, 3.8) is 0 Å². The molecule has 0 amide bonds. The average Bonchev–Trinajstić information content (AvgIpc) is 2.47. The van der Waals surface area contributed by atoms with Crippen LogP contribution in [0.4, 0.5) is 0 Å². The number of aliphatic hydroxyl groups excluding tert-OH is 1. The van der Waals surface area contributed by atoms with Gasteiger partial charge in [0, 0.05) is 0 Å². The van der Waals surface area contributed by atoms with E-state index in [1.807, 2.05) is 0 Å². The normalized spacial score (nSPS) is 15.0. The Hall–Kier alpha value is -1.62. The molecule has 1 atom stereocenters. The average molecular weight is 341 g/mol. The van der Waals surface area contributed by atoms with E-state index in [0.29, 0.717) is 12.2 Å². The smallest absolute Gasteiger partial charge is 0.323 e. The lowest BCUT2D eigenvalue weighted by atomic mass is 10.1. The molecule has 0 saturated carbocycles. The molecule has 0 spiro atoms. The van der Waals surface area contributed by atoms with E-state index in [9.17, 15) is 14.5 Å². The summed E-state index contributed by atoms with van der Waals surface area (Å²) in [6.07, 6.45) is 2.28. The lowest BCUT2D eigenvalue weighted by Crippen LogP contribution is -2.45. The van der Waals surface area contributed by atoms with Gasteiger partial charge in [-0.15, -0.1) is 0 Å². The summed E-state index contributed by atoms with van der Waals surface area (Å²) in [6, 6.07) is 8.63. The fourth-order valence-electron chi connectivity index (χ4n) is 1.80. The van der Waals surface area contributed by atoms with Crippen molar-refractivity contribution in [3.05, 3.63) is 42.0 Å². The van der Waals surface area contributed by atoms with Crippen LogP contribution < -0.4 is 9.61 Å². The van der Waals surface area contributed by atoms with Crippen LogP contribution in [0.2, 0.25) is 0 Å². The number of hydrogen-bond acceptors (Lipinski definition) is 4. The van der Waals surface area contributed by atoms with E-state index in [1.54, 1.807) is 43.3 Å². The van der Waals surface area contributed by atoms with Gasteiger partial charge >= 0.3 is 13.5 Å². The van der Waals surface area contributed by atoms with E-state index < -0.39 is 19.0 Å². The second-order valence-corrected chi connectivity index (χ2v) is 8.04. The molecule has 0 aromatic heterocycles. The van der Waals surface area contributed by atoms with E-state index in [2.05, 4.69) is 5.09 Å². The molecule has 0 radical (unpaired) electrons. The summed E-state index contributed by atoms with van der Waals surface area (Å²) in [6.45, 7) is 4.56. The molecule has 128 valence electrons. The van der Waals surface area contributed by atoms with Crippen LogP contribution in [0.15, 0.2) is 42.0 Å². The molecule has 0 aliphatic heterocycles. The third-order valence-electron chi connectivity index (χ3n) is 3.15. The van der Waals surface area contributed by atoms with Crippen molar-refractivity contribution in [2.45, 2.75) is 32.7 Å². The number of aliphatic carboxylic acids is 1. The van der Waals surface area contributed by atoms with Gasteiger partial charge < -0.3 is 14.7 Å². The van der Waals surface area contributed by atoms with Crippen molar-refractivity contribution in [1.29, 1.82) is 0 Å². The highest BCUT2D eigenvalue weighted by molar-refractivity contribution is 7.57. The van der Waals surface area contributed by atoms with Crippen LogP contribution in [0.25, 0.3) is 0 Å². The Morgan fingerprint density at radius 3 is 2.48 bits per heavy atom. The number of nitrogens with one attached hydrogen (secondary N) is 1. The SMILES string of the molecule is C/C(=C\CCP(=O)(NC(C)(C)C(=O)O)Oc1ccccc1)CO. The van der Waals surface area contributed by atoms with Crippen LogP contribution in [0.3, 0.4) is 0 Å². The van der Waals surface area contributed by atoms with Gasteiger partial charge in [-0.1, -0.05) is 29.8 Å². The van der Waals surface area contributed by atoms with Gasteiger partial charge in [-0.05, 0) is 39.3 Å². The van der Waals surface area contributed by atoms with E-state index in [0.717, 1.165) is 5.57 Å². The zero-order valence-electron chi connectivity index (χ0n) is 13.7.